The van der Waals surface area contributed by atoms with Gasteiger partial charge in [-0.3, -0.25) is 4.79 Å². The van der Waals surface area contributed by atoms with Crippen LogP contribution in [-0.2, 0) is 20.1 Å². The lowest BCUT2D eigenvalue weighted by Gasteiger charge is -2.35. The molecule has 9 heteroatoms. The van der Waals surface area contributed by atoms with Gasteiger partial charge in [0.05, 0.1) is 5.56 Å². The van der Waals surface area contributed by atoms with Gasteiger partial charge in [-0.25, -0.2) is 8.78 Å². The topological polar surface area (TPSA) is 89.5 Å². The van der Waals surface area contributed by atoms with Crippen molar-refractivity contribution in [1.82, 2.24) is 5.01 Å². The first-order chi connectivity index (χ1) is 14.4. The summed E-state index contributed by atoms with van der Waals surface area (Å²) >= 11 is 0. The first-order valence-corrected chi connectivity index (χ1v) is 9.34. The van der Waals surface area contributed by atoms with Crippen molar-refractivity contribution in [1.29, 1.82) is 0 Å². The van der Waals surface area contributed by atoms with E-state index in [1.165, 1.54) is 14.0 Å². The zero-order valence-corrected chi connectivity index (χ0v) is 16.6. The Morgan fingerprint density at radius 2 is 2.00 bits per heavy atom. The van der Waals surface area contributed by atoms with Crippen LogP contribution in [-0.4, -0.2) is 36.2 Å². The number of carbonyl (C=O) groups is 1. The molecule has 1 aliphatic rings. The monoisotopic (exact) mass is 416 g/mol. The first kappa shape index (κ1) is 21.4. The number of carbonyl (C=O) groups excluding carboxylic acids is 1. The summed E-state index contributed by atoms with van der Waals surface area (Å²) in [5.41, 5.74) is 4.73. The number of hydrazone groups is 1. The molecular weight excluding hydrogens is 394 g/mol. The van der Waals surface area contributed by atoms with Gasteiger partial charge in [0.15, 0.2) is 0 Å². The Balaban J connectivity index is 2.17. The van der Waals surface area contributed by atoms with Gasteiger partial charge in [-0.15, -0.1) is 5.10 Å². The van der Waals surface area contributed by atoms with Crippen LogP contribution in [0.2, 0.25) is 0 Å². The van der Waals surface area contributed by atoms with E-state index in [2.05, 4.69) is 10.3 Å². The highest BCUT2D eigenvalue weighted by Crippen LogP contribution is 2.41. The molecule has 0 aromatic heterocycles. The summed E-state index contributed by atoms with van der Waals surface area (Å²) in [6, 6.07) is 11.8. The predicted molar refractivity (Wildman–Crippen MR) is 107 cm³/mol. The maximum Gasteiger partial charge on any atom is 0.295 e. The van der Waals surface area contributed by atoms with Crippen molar-refractivity contribution in [2.24, 2.45) is 16.0 Å². The van der Waals surface area contributed by atoms with Crippen molar-refractivity contribution < 1.29 is 23.1 Å². The molecule has 0 spiro atoms. The van der Waals surface area contributed by atoms with Crippen LogP contribution in [0.5, 0.6) is 0 Å². The summed E-state index contributed by atoms with van der Waals surface area (Å²) in [5, 5.41) is 9.01. The second-order valence-corrected chi connectivity index (χ2v) is 6.65. The summed E-state index contributed by atoms with van der Waals surface area (Å²) in [4.78, 5) is 17.9. The number of oxime groups is 1. The highest BCUT2D eigenvalue weighted by molar-refractivity contribution is 6.38. The second kappa shape index (κ2) is 9.00. The maximum atomic E-state index is 14.4. The lowest BCUT2D eigenvalue weighted by atomic mass is 9.96. The average Bonchev–Trinajstić information content (AvgIpc) is 3.14. The van der Waals surface area contributed by atoms with Gasteiger partial charge in [0.25, 0.3) is 5.91 Å². The van der Waals surface area contributed by atoms with E-state index in [-0.39, 0.29) is 23.6 Å². The molecule has 1 amide bonds. The Morgan fingerprint density at radius 1 is 1.27 bits per heavy atom. The molecule has 1 unspecified atom stereocenters. The van der Waals surface area contributed by atoms with E-state index < -0.39 is 23.3 Å². The molecule has 1 heterocycles. The molecule has 0 fully saturated rings. The van der Waals surface area contributed by atoms with Crippen LogP contribution >= 0.6 is 0 Å². The van der Waals surface area contributed by atoms with E-state index in [1.807, 2.05) is 6.07 Å². The molecule has 2 N–H and O–H groups in total. The van der Waals surface area contributed by atoms with Gasteiger partial charge in [0.1, 0.15) is 24.5 Å². The van der Waals surface area contributed by atoms with Gasteiger partial charge in [0.2, 0.25) is 11.6 Å². The normalized spacial score (nSPS) is 18.8. The molecule has 0 aliphatic carbocycles. The third-order valence-corrected chi connectivity index (χ3v) is 4.63. The fourth-order valence-electron chi connectivity index (χ4n) is 3.23. The van der Waals surface area contributed by atoms with Crippen LogP contribution in [0.3, 0.4) is 0 Å². The van der Waals surface area contributed by atoms with Crippen molar-refractivity contribution in [3.63, 3.8) is 0 Å². The molecule has 0 radical (unpaired) electrons. The fraction of sp³-hybridized carbons (Fsp3) is 0.286. The summed E-state index contributed by atoms with van der Waals surface area (Å²) in [7, 11) is 1.31. The standard InChI is InChI=1S/C21H22F2N4O3/c1-14(26-29-2)20(28)27-21(11-6-12-24,15-7-4-3-5-8-15)30-19(25-27)17-13-16(22)9-10-18(17)23/h3-5,7-10,13H,6,11-12,24H2,1-2H3/b26-14-. The van der Waals surface area contributed by atoms with E-state index in [9.17, 15) is 13.6 Å². The number of amides is 1. The largest absolute Gasteiger partial charge is 0.443 e. The molecule has 0 saturated heterocycles. The lowest BCUT2D eigenvalue weighted by Crippen LogP contribution is -2.47. The predicted octanol–water partition coefficient (Wildman–Crippen LogP) is 3.10. The van der Waals surface area contributed by atoms with Gasteiger partial charge in [-0.05, 0) is 38.1 Å². The summed E-state index contributed by atoms with van der Waals surface area (Å²) in [6.45, 7) is 1.79. The molecule has 3 rings (SSSR count). The summed E-state index contributed by atoms with van der Waals surface area (Å²) in [5.74, 6) is -2.21. The van der Waals surface area contributed by atoms with Gasteiger partial charge in [-0.2, -0.15) is 5.01 Å². The second-order valence-electron chi connectivity index (χ2n) is 6.65. The molecule has 0 bridgehead atoms. The van der Waals surface area contributed by atoms with Gasteiger partial charge < -0.3 is 15.3 Å². The van der Waals surface area contributed by atoms with Crippen LogP contribution in [0.15, 0.2) is 58.8 Å². The van der Waals surface area contributed by atoms with Crippen LogP contribution in [0.4, 0.5) is 8.78 Å². The highest BCUT2D eigenvalue weighted by Gasteiger charge is 2.50. The number of hydrogen-bond donors (Lipinski definition) is 1. The van der Waals surface area contributed by atoms with Crippen LogP contribution < -0.4 is 5.73 Å². The van der Waals surface area contributed by atoms with E-state index >= 15 is 0 Å². The number of benzene rings is 2. The van der Waals surface area contributed by atoms with E-state index in [4.69, 9.17) is 15.3 Å². The minimum Gasteiger partial charge on any atom is -0.443 e. The SMILES string of the molecule is CO/N=C(/C)C(=O)N1N=C(c2cc(F)ccc2F)OC1(CCCN)c1ccccc1. The van der Waals surface area contributed by atoms with Gasteiger partial charge >= 0.3 is 0 Å². The Labute approximate surface area is 172 Å². The number of rotatable bonds is 7. The molecule has 30 heavy (non-hydrogen) atoms. The van der Waals surface area contributed by atoms with Crippen molar-refractivity contribution >= 4 is 17.5 Å². The van der Waals surface area contributed by atoms with Crippen molar-refractivity contribution in [2.75, 3.05) is 13.7 Å². The quantitative estimate of drug-likeness (QED) is 0.555. The highest BCUT2D eigenvalue weighted by atomic mass is 19.1. The molecule has 2 aromatic carbocycles. The number of nitrogens with zero attached hydrogens (tertiary/aromatic N) is 3. The summed E-state index contributed by atoms with van der Waals surface area (Å²) in [6.07, 6.45) is 0.747. The van der Waals surface area contributed by atoms with Crippen molar-refractivity contribution in [3.05, 3.63) is 71.3 Å². The number of nitrogens with two attached hydrogens (primary N) is 1. The van der Waals surface area contributed by atoms with E-state index in [1.54, 1.807) is 24.3 Å². The maximum absolute atomic E-state index is 14.4. The minimum atomic E-state index is -1.41. The Kier molecular flexibility index (Phi) is 6.41. The number of hydrogen-bond acceptors (Lipinski definition) is 6. The first-order valence-electron chi connectivity index (χ1n) is 9.34. The smallest absolute Gasteiger partial charge is 0.295 e. The zero-order chi connectivity index (χ0) is 21.7. The lowest BCUT2D eigenvalue weighted by molar-refractivity contribution is -0.145. The molecule has 1 atom stereocenters. The summed E-state index contributed by atoms with van der Waals surface area (Å²) < 4.78 is 34.4. The zero-order valence-electron chi connectivity index (χ0n) is 16.6. The van der Waals surface area contributed by atoms with Crippen molar-refractivity contribution in [2.45, 2.75) is 25.5 Å². The Bertz CT molecular complexity index is 981. The fourth-order valence-corrected chi connectivity index (χ4v) is 3.23. The number of halogens is 2. The Hall–Kier alpha value is -3.33. The van der Waals surface area contributed by atoms with Crippen molar-refractivity contribution in [3.8, 4) is 0 Å². The molecule has 1 aliphatic heterocycles. The van der Waals surface area contributed by atoms with Gasteiger partial charge in [-0.1, -0.05) is 35.5 Å². The molecule has 7 nitrogen and oxygen atoms in total. The molecular formula is C21H22F2N4O3. The minimum absolute atomic E-state index is 0.0128. The third kappa shape index (κ3) is 4.02. The number of ether oxygens (including phenoxy) is 1. The third-order valence-electron chi connectivity index (χ3n) is 4.63. The van der Waals surface area contributed by atoms with Gasteiger partial charge in [0, 0.05) is 12.0 Å². The molecule has 0 saturated carbocycles. The van der Waals surface area contributed by atoms with Crippen LogP contribution in [0.25, 0.3) is 0 Å². The van der Waals surface area contributed by atoms with E-state index in [0.29, 0.717) is 18.5 Å². The van der Waals surface area contributed by atoms with Crippen LogP contribution in [0.1, 0.15) is 30.9 Å². The molecule has 158 valence electrons. The average molecular weight is 416 g/mol. The van der Waals surface area contributed by atoms with E-state index in [0.717, 1.165) is 23.2 Å². The Morgan fingerprint density at radius 3 is 2.67 bits per heavy atom. The van der Waals surface area contributed by atoms with Crippen LogP contribution in [0, 0.1) is 11.6 Å². The molecule has 2 aromatic rings.